The largest absolute Gasteiger partial charge is 0.390 e. The Morgan fingerprint density at radius 2 is 2.03 bits per heavy atom. The van der Waals surface area contributed by atoms with Gasteiger partial charge in [0.2, 0.25) is 0 Å². The Kier molecular flexibility index (Phi) is 5.09. The third-order valence-corrected chi connectivity index (χ3v) is 7.18. The number of pyridine rings is 1. The van der Waals surface area contributed by atoms with E-state index in [2.05, 4.69) is 33.7 Å². The molecule has 1 aliphatic rings. The van der Waals surface area contributed by atoms with Crippen LogP contribution in [0.5, 0.6) is 0 Å². The SMILES string of the molecule is O[C@@H]1[C@H](O)CCC[C@H]1Nc1nc2ccc(Cc3cn4ccc(-n5cccn5)cc4n3)cc2s1. The average molecular weight is 461 g/mol. The van der Waals surface area contributed by atoms with E-state index in [1.165, 1.54) is 5.56 Å². The molecule has 0 spiro atoms. The predicted octanol–water partition coefficient (Wildman–Crippen LogP) is 3.41. The smallest absolute Gasteiger partial charge is 0.184 e. The zero-order chi connectivity index (χ0) is 22.4. The minimum Gasteiger partial charge on any atom is -0.390 e. The van der Waals surface area contributed by atoms with Crippen LogP contribution in [0, 0.1) is 0 Å². The van der Waals surface area contributed by atoms with Gasteiger partial charge in [-0.15, -0.1) is 0 Å². The Hall–Kier alpha value is -3.27. The fourth-order valence-corrected chi connectivity index (χ4v) is 5.49. The highest BCUT2D eigenvalue weighted by Crippen LogP contribution is 2.30. The van der Waals surface area contributed by atoms with Crippen LogP contribution in [0.15, 0.2) is 61.2 Å². The Morgan fingerprint density at radius 1 is 1.09 bits per heavy atom. The van der Waals surface area contributed by atoms with Crippen LogP contribution in [0.4, 0.5) is 5.13 Å². The van der Waals surface area contributed by atoms with Crippen molar-refractivity contribution >= 4 is 32.3 Å². The Balaban J connectivity index is 1.21. The molecule has 0 amide bonds. The van der Waals surface area contributed by atoms with Gasteiger partial charge in [0.15, 0.2) is 5.13 Å². The van der Waals surface area contributed by atoms with Crippen LogP contribution in [-0.4, -0.2) is 52.6 Å². The highest BCUT2D eigenvalue weighted by molar-refractivity contribution is 7.22. The molecule has 9 heteroatoms. The molecule has 0 bridgehead atoms. The number of hydrogen-bond acceptors (Lipinski definition) is 7. The number of anilines is 1. The topological polar surface area (TPSA) is 100 Å². The minimum atomic E-state index is -0.759. The summed E-state index contributed by atoms with van der Waals surface area (Å²) in [6, 6.07) is 12.1. The van der Waals surface area contributed by atoms with Gasteiger partial charge >= 0.3 is 0 Å². The third-order valence-electron chi connectivity index (χ3n) is 6.23. The van der Waals surface area contributed by atoms with Gasteiger partial charge in [-0.3, -0.25) is 0 Å². The molecule has 168 valence electrons. The lowest BCUT2D eigenvalue weighted by Crippen LogP contribution is -2.45. The van der Waals surface area contributed by atoms with Crippen molar-refractivity contribution < 1.29 is 10.2 Å². The molecule has 8 nitrogen and oxygen atoms in total. The molecule has 0 unspecified atom stereocenters. The van der Waals surface area contributed by atoms with Crippen LogP contribution in [-0.2, 0) is 6.42 Å². The summed E-state index contributed by atoms with van der Waals surface area (Å²) in [5, 5.41) is 28.6. The van der Waals surface area contributed by atoms with Crippen LogP contribution < -0.4 is 5.32 Å². The first-order valence-corrected chi connectivity index (χ1v) is 11.9. The Labute approximate surface area is 194 Å². The standard InChI is InChI=1S/C24H24N6O2S/c31-20-4-1-3-19(23(20)32)28-24-27-18-6-5-15(12-21(18)33-24)11-16-14-29-10-7-17(13-22(29)26-16)30-9-2-8-25-30/h2,5-10,12-14,19-20,23,31-32H,1,3-4,11H2,(H,27,28)/t19-,20-,23+/m1/s1. The molecular formula is C24H24N6O2S. The summed E-state index contributed by atoms with van der Waals surface area (Å²) < 4.78 is 4.94. The number of benzene rings is 1. The number of imidazole rings is 1. The van der Waals surface area contributed by atoms with Gasteiger partial charge in [0, 0.05) is 37.3 Å². The van der Waals surface area contributed by atoms with Gasteiger partial charge in [-0.05, 0) is 49.1 Å². The van der Waals surface area contributed by atoms with Crippen LogP contribution in [0.25, 0.3) is 21.6 Å². The number of nitrogens with one attached hydrogen (secondary N) is 1. The number of aliphatic hydroxyl groups is 2. The van der Waals surface area contributed by atoms with E-state index in [0.29, 0.717) is 6.42 Å². The third kappa shape index (κ3) is 3.99. The molecular weight excluding hydrogens is 436 g/mol. The van der Waals surface area contributed by atoms with Gasteiger partial charge in [0.25, 0.3) is 0 Å². The average Bonchev–Trinajstić information content (AvgIpc) is 3.55. The number of thiazole rings is 1. The van der Waals surface area contributed by atoms with Crippen molar-refractivity contribution in [2.75, 3.05) is 5.32 Å². The van der Waals surface area contributed by atoms with E-state index in [0.717, 1.165) is 51.6 Å². The molecule has 0 saturated heterocycles. The second-order valence-corrected chi connectivity index (χ2v) is 9.60. The fourth-order valence-electron chi connectivity index (χ4n) is 4.50. The maximum absolute atomic E-state index is 10.3. The molecule has 5 aromatic rings. The first-order chi connectivity index (χ1) is 16.1. The summed E-state index contributed by atoms with van der Waals surface area (Å²) in [4.78, 5) is 9.47. The first-order valence-electron chi connectivity index (χ1n) is 11.1. The highest BCUT2D eigenvalue weighted by atomic mass is 32.1. The van der Waals surface area contributed by atoms with E-state index in [1.54, 1.807) is 17.5 Å². The quantitative estimate of drug-likeness (QED) is 0.372. The van der Waals surface area contributed by atoms with Crippen molar-refractivity contribution in [2.45, 2.75) is 43.9 Å². The molecule has 3 atom stereocenters. The second-order valence-electron chi connectivity index (χ2n) is 8.57. The maximum atomic E-state index is 10.3. The number of rotatable bonds is 5. The summed E-state index contributed by atoms with van der Waals surface area (Å²) in [5.41, 5.74) is 4.95. The van der Waals surface area contributed by atoms with Crippen molar-refractivity contribution in [1.29, 1.82) is 0 Å². The number of aliphatic hydroxyl groups excluding tert-OH is 2. The normalized spacial score (nSPS) is 21.1. The molecule has 3 N–H and O–H groups in total. The van der Waals surface area contributed by atoms with E-state index in [1.807, 2.05) is 45.7 Å². The lowest BCUT2D eigenvalue weighted by molar-refractivity contribution is -0.0161. The van der Waals surface area contributed by atoms with Gasteiger partial charge in [-0.2, -0.15) is 5.10 Å². The number of nitrogens with zero attached hydrogens (tertiary/aromatic N) is 5. The first kappa shape index (κ1) is 20.3. The summed E-state index contributed by atoms with van der Waals surface area (Å²) in [7, 11) is 0. The lowest BCUT2D eigenvalue weighted by atomic mass is 9.90. The van der Waals surface area contributed by atoms with E-state index in [-0.39, 0.29) is 6.04 Å². The van der Waals surface area contributed by atoms with Crippen molar-refractivity contribution in [3.8, 4) is 5.69 Å². The summed E-state index contributed by atoms with van der Waals surface area (Å²) in [5.74, 6) is 0. The molecule has 1 fully saturated rings. The molecule has 0 radical (unpaired) electrons. The second kappa shape index (κ2) is 8.26. The Bertz CT molecular complexity index is 1410. The number of fused-ring (bicyclic) bond motifs is 2. The molecule has 0 aliphatic heterocycles. The summed E-state index contributed by atoms with van der Waals surface area (Å²) in [6.07, 6.45) is 9.41. The Morgan fingerprint density at radius 3 is 2.91 bits per heavy atom. The highest BCUT2D eigenvalue weighted by Gasteiger charge is 2.30. The van der Waals surface area contributed by atoms with Crippen LogP contribution in [0.2, 0.25) is 0 Å². The van der Waals surface area contributed by atoms with Crippen molar-refractivity contribution in [3.05, 3.63) is 72.4 Å². The molecule has 1 aliphatic carbocycles. The van der Waals surface area contributed by atoms with Crippen molar-refractivity contribution in [1.82, 2.24) is 24.1 Å². The van der Waals surface area contributed by atoms with E-state index in [4.69, 9.17) is 4.98 Å². The van der Waals surface area contributed by atoms with E-state index >= 15 is 0 Å². The zero-order valence-electron chi connectivity index (χ0n) is 17.9. The van der Waals surface area contributed by atoms with Gasteiger partial charge in [-0.1, -0.05) is 17.4 Å². The van der Waals surface area contributed by atoms with E-state index < -0.39 is 12.2 Å². The van der Waals surface area contributed by atoms with Gasteiger partial charge < -0.3 is 19.9 Å². The van der Waals surface area contributed by atoms with Crippen molar-refractivity contribution in [3.63, 3.8) is 0 Å². The van der Waals surface area contributed by atoms with Crippen LogP contribution in [0.1, 0.15) is 30.5 Å². The maximum Gasteiger partial charge on any atom is 0.184 e. The predicted molar refractivity (Wildman–Crippen MR) is 128 cm³/mol. The molecule has 1 saturated carbocycles. The number of aromatic nitrogens is 5. The van der Waals surface area contributed by atoms with Gasteiger partial charge in [0.1, 0.15) is 5.65 Å². The molecule has 4 aromatic heterocycles. The fraction of sp³-hybridized carbons (Fsp3) is 0.292. The van der Waals surface area contributed by atoms with Crippen LogP contribution in [0.3, 0.4) is 0 Å². The van der Waals surface area contributed by atoms with Gasteiger partial charge in [0.05, 0.1) is 39.8 Å². The minimum absolute atomic E-state index is 0.168. The zero-order valence-corrected chi connectivity index (χ0v) is 18.7. The lowest BCUT2D eigenvalue weighted by Gasteiger charge is -2.32. The summed E-state index contributed by atoms with van der Waals surface area (Å²) >= 11 is 1.57. The molecule has 6 rings (SSSR count). The monoisotopic (exact) mass is 460 g/mol. The summed E-state index contributed by atoms with van der Waals surface area (Å²) in [6.45, 7) is 0. The molecule has 33 heavy (non-hydrogen) atoms. The van der Waals surface area contributed by atoms with Gasteiger partial charge in [-0.25, -0.2) is 14.6 Å². The molecule has 4 heterocycles. The van der Waals surface area contributed by atoms with Crippen LogP contribution >= 0.6 is 11.3 Å². The van der Waals surface area contributed by atoms with E-state index in [9.17, 15) is 10.2 Å². The van der Waals surface area contributed by atoms with Crippen molar-refractivity contribution in [2.24, 2.45) is 0 Å². The molecule has 1 aromatic carbocycles. The number of hydrogen-bond donors (Lipinski definition) is 3.